The van der Waals surface area contributed by atoms with Gasteiger partial charge in [-0.2, -0.15) is 0 Å². The number of thiazole rings is 1. The number of rotatable bonds is 3. The summed E-state index contributed by atoms with van der Waals surface area (Å²) in [5.74, 6) is 0. The van der Waals surface area contributed by atoms with Crippen LogP contribution in [0.15, 0.2) is 72.1 Å². The molecule has 5 rings (SSSR count). The van der Waals surface area contributed by atoms with Crippen LogP contribution in [0, 0.1) is 6.92 Å². The van der Waals surface area contributed by atoms with E-state index in [1.165, 1.54) is 16.3 Å². The summed E-state index contributed by atoms with van der Waals surface area (Å²) in [6.07, 6.45) is 0.909. The normalized spacial score (nSPS) is 11.3. The van der Waals surface area contributed by atoms with Crippen LogP contribution in [0.2, 0.25) is 0 Å². The molecule has 5 aromatic rings. The Hall–Kier alpha value is -3.24. The van der Waals surface area contributed by atoms with E-state index in [-0.39, 0.29) is 0 Å². The van der Waals surface area contributed by atoms with Crippen molar-refractivity contribution in [2.24, 2.45) is 0 Å². The minimum atomic E-state index is 0.596. The van der Waals surface area contributed by atoms with E-state index in [9.17, 15) is 4.79 Å². The number of aldehydes is 1. The number of hydrogen-bond acceptors (Lipinski definition) is 3. The molecule has 0 N–H and O–H groups in total. The average Bonchev–Trinajstić information content (AvgIpc) is 3.27. The van der Waals surface area contributed by atoms with Crippen molar-refractivity contribution in [2.45, 2.75) is 6.92 Å². The number of aromatic nitrogens is 2. The average molecular weight is 368 g/mol. The molecule has 2 heterocycles. The smallest absolute Gasteiger partial charge is 0.195 e. The second kappa shape index (κ2) is 6.18. The van der Waals surface area contributed by atoms with E-state index in [1.54, 1.807) is 11.3 Å². The lowest BCUT2D eigenvalue weighted by atomic mass is 10.1. The number of nitrogens with zero attached hydrogens (tertiary/aromatic N) is 2. The van der Waals surface area contributed by atoms with Gasteiger partial charge in [-0.1, -0.05) is 66.2 Å². The summed E-state index contributed by atoms with van der Waals surface area (Å²) in [4.78, 5) is 17.6. The Labute approximate surface area is 160 Å². The zero-order valence-electron chi connectivity index (χ0n) is 14.7. The number of aryl methyl sites for hydroxylation is 1. The molecule has 0 amide bonds. The molecule has 4 heteroatoms. The number of carbonyl (C=O) groups is 1. The van der Waals surface area contributed by atoms with Gasteiger partial charge >= 0.3 is 0 Å². The van der Waals surface area contributed by atoms with Gasteiger partial charge in [-0.25, -0.2) is 4.98 Å². The van der Waals surface area contributed by atoms with Gasteiger partial charge in [0.25, 0.3) is 0 Å². The predicted octanol–water partition coefficient (Wildman–Crippen LogP) is 6.00. The van der Waals surface area contributed by atoms with Crippen molar-refractivity contribution in [3.63, 3.8) is 0 Å². The van der Waals surface area contributed by atoms with Crippen molar-refractivity contribution in [3.05, 3.63) is 83.4 Å². The highest BCUT2D eigenvalue weighted by molar-refractivity contribution is 7.15. The van der Waals surface area contributed by atoms with Crippen LogP contribution in [0.4, 0.5) is 0 Å². The third-order valence-corrected chi connectivity index (χ3v) is 5.71. The Bertz CT molecular complexity index is 1300. The predicted molar refractivity (Wildman–Crippen MR) is 112 cm³/mol. The number of fused-ring (bicyclic) bond motifs is 2. The van der Waals surface area contributed by atoms with Crippen LogP contribution in [0.25, 0.3) is 38.2 Å². The number of hydrogen-bond donors (Lipinski definition) is 0. The van der Waals surface area contributed by atoms with Crippen LogP contribution in [0.3, 0.4) is 0 Å². The Morgan fingerprint density at radius 3 is 2.44 bits per heavy atom. The minimum Gasteiger partial charge on any atom is -0.296 e. The van der Waals surface area contributed by atoms with Gasteiger partial charge in [-0.3, -0.25) is 9.20 Å². The molecule has 0 bridgehead atoms. The summed E-state index contributed by atoms with van der Waals surface area (Å²) < 4.78 is 1.97. The van der Waals surface area contributed by atoms with Crippen molar-refractivity contribution >= 4 is 33.4 Å². The number of imidazole rings is 1. The fraction of sp³-hybridized carbons (Fsp3) is 0.0435. The van der Waals surface area contributed by atoms with E-state index in [0.29, 0.717) is 5.69 Å². The molecule has 0 atom stereocenters. The molecule has 3 aromatic carbocycles. The molecule has 0 aliphatic rings. The van der Waals surface area contributed by atoms with Gasteiger partial charge < -0.3 is 0 Å². The van der Waals surface area contributed by atoms with E-state index in [2.05, 4.69) is 35.7 Å². The molecule has 0 spiro atoms. The summed E-state index contributed by atoms with van der Waals surface area (Å²) in [7, 11) is 0. The zero-order valence-corrected chi connectivity index (χ0v) is 15.5. The fourth-order valence-electron chi connectivity index (χ4n) is 3.46. The van der Waals surface area contributed by atoms with Gasteiger partial charge in [-0.15, -0.1) is 11.3 Å². The highest BCUT2D eigenvalue weighted by Gasteiger charge is 2.18. The largest absolute Gasteiger partial charge is 0.296 e. The molecule has 27 heavy (non-hydrogen) atoms. The topological polar surface area (TPSA) is 34.4 Å². The van der Waals surface area contributed by atoms with Gasteiger partial charge in [0.15, 0.2) is 11.2 Å². The Morgan fingerprint density at radius 1 is 0.926 bits per heavy atom. The second-order valence-corrected chi connectivity index (χ2v) is 7.47. The molecule has 0 radical (unpaired) electrons. The number of benzene rings is 3. The van der Waals surface area contributed by atoms with Gasteiger partial charge in [0, 0.05) is 16.5 Å². The summed E-state index contributed by atoms with van der Waals surface area (Å²) in [6, 6.07) is 22.8. The summed E-state index contributed by atoms with van der Waals surface area (Å²) in [5.41, 5.74) is 5.55. The second-order valence-electron chi connectivity index (χ2n) is 6.63. The van der Waals surface area contributed by atoms with E-state index in [4.69, 9.17) is 4.98 Å². The molecule has 0 saturated carbocycles. The van der Waals surface area contributed by atoms with E-state index >= 15 is 0 Å². The Balaban J connectivity index is 1.73. The first-order valence-corrected chi connectivity index (χ1v) is 9.64. The summed E-state index contributed by atoms with van der Waals surface area (Å²) in [6.45, 7) is 2.05. The van der Waals surface area contributed by atoms with Gasteiger partial charge in [0.2, 0.25) is 0 Å². The van der Waals surface area contributed by atoms with Gasteiger partial charge in [0.1, 0.15) is 11.4 Å². The molecule has 3 nitrogen and oxygen atoms in total. The van der Waals surface area contributed by atoms with E-state index in [0.717, 1.165) is 33.8 Å². The molecule has 2 aromatic heterocycles. The van der Waals surface area contributed by atoms with Crippen molar-refractivity contribution in [2.75, 3.05) is 0 Å². The summed E-state index contributed by atoms with van der Waals surface area (Å²) >= 11 is 1.56. The first-order valence-electron chi connectivity index (χ1n) is 8.76. The fourth-order valence-corrected chi connectivity index (χ4v) is 4.37. The molecule has 0 saturated heterocycles. The molecular weight excluding hydrogens is 352 g/mol. The molecular formula is C23H16N2OS. The summed E-state index contributed by atoms with van der Waals surface area (Å²) in [5, 5.41) is 4.45. The molecule has 0 aliphatic carbocycles. The molecule has 0 aliphatic heterocycles. The lowest BCUT2D eigenvalue weighted by Crippen LogP contribution is -1.94. The van der Waals surface area contributed by atoms with Crippen molar-refractivity contribution < 1.29 is 4.79 Å². The van der Waals surface area contributed by atoms with Gasteiger partial charge in [0.05, 0.1) is 5.69 Å². The van der Waals surface area contributed by atoms with Crippen molar-refractivity contribution in [1.82, 2.24) is 9.38 Å². The SMILES string of the molecule is Cc1ccc(-c2nc3scc(-c4ccc5ccccc5c4)n3c2C=O)cc1. The Kier molecular flexibility index (Phi) is 3.66. The van der Waals surface area contributed by atoms with Crippen LogP contribution in [-0.2, 0) is 0 Å². The van der Waals surface area contributed by atoms with Crippen LogP contribution in [-0.4, -0.2) is 15.7 Å². The van der Waals surface area contributed by atoms with Crippen LogP contribution in [0.5, 0.6) is 0 Å². The van der Waals surface area contributed by atoms with Crippen molar-refractivity contribution in [1.29, 1.82) is 0 Å². The van der Waals surface area contributed by atoms with Crippen molar-refractivity contribution in [3.8, 4) is 22.5 Å². The van der Waals surface area contributed by atoms with Gasteiger partial charge in [-0.05, 0) is 23.8 Å². The Morgan fingerprint density at radius 2 is 1.67 bits per heavy atom. The lowest BCUT2D eigenvalue weighted by molar-refractivity contribution is 0.111. The van der Waals surface area contributed by atoms with Crippen LogP contribution in [0.1, 0.15) is 16.1 Å². The highest BCUT2D eigenvalue weighted by Crippen LogP contribution is 2.33. The first kappa shape index (κ1) is 16.0. The van der Waals surface area contributed by atoms with E-state index < -0.39 is 0 Å². The minimum absolute atomic E-state index is 0.596. The monoisotopic (exact) mass is 368 g/mol. The molecule has 0 unspecified atom stereocenters. The van der Waals surface area contributed by atoms with Crippen LogP contribution < -0.4 is 0 Å². The van der Waals surface area contributed by atoms with E-state index in [1.807, 2.05) is 47.7 Å². The highest BCUT2D eigenvalue weighted by atomic mass is 32.1. The maximum Gasteiger partial charge on any atom is 0.195 e. The third-order valence-electron chi connectivity index (χ3n) is 4.88. The third kappa shape index (κ3) is 2.57. The number of carbonyl (C=O) groups excluding carboxylic acids is 1. The lowest BCUT2D eigenvalue weighted by Gasteiger charge is -2.05. The maximum atomic E-state index is 12.0. The molecule has 130 valence electrons. The molecule has 0 fully saturated rings. The maximum absolute atomic E-state index is 12.0. The first-order chi connectivity index (χ1) is 13.2. The van der Waals surface area contributed by atoms with Crippen LogP contribution >= 0.6 is 11.3 Å². The zero-order chi connectivity index (χ0) is 18.4. The standard InChI is InChI=1S/C23H16N2OS/c1-15-6-8-17(9-7-15)22-20(13-26)25-21(14-27-23(25)24-22)19-11-10-16-4-2-3-5-18(16)12-19/h2-14H,1H3. The quantitative estimate of drug-likeness (QED) is 0.366.